The monoisotopic (exact) mass is 372 g/mol. The molecule has 8 heteroatoms. The summed E-state index contributed by atoms with van der Waals surface area (Å²) in [5.74, 6) is 1.52. The van der Waals surface area contributed by atoms with Crippen LogP contribution in [0.1, 0.15) is 5.56 Å². The fourth-order valence-electron chi connectivity index (χ4n) is 2.13. The second kappa shape index (κ2) is 8.16. The van der Waals surface area contributed by atoms with Gasteiger partial charge in [0, 0.05) is 5.75 Å². The Kier molecular flexibility index (Phi) is 5.71. The van der Waals surface area contributed by atoms with Crippen LogP contribution in [0.3, 0.4) is 0 Å². The molecule has 128 valence electrons. The molecule has 0 bridgehead atoms. The third-order valence-corrected chi connectivity index (χ3v) is 5.19. The number of nitriles is 1. The predicted molar refractivity (Wildman–Crippen MR) is 99.8 cm³/mol. The lowest BCUT2D eigenvalue weighted by molar-refractivity contribution is 0.126. The number of aliphatic hydroxyl groups is 1. The van der Waals surface area contributed by atoms with E-state index in [4.69, 9.17) is 15.7 Å². The van der Waals surface area contributed by atoms with Gasteiger partial charge in [-0.1, -0.05) is 23.9 Å². The molecule has 2 aromatic heterocycles. The summed E-state index contributed by atoms with van der Waals surface area (Å²) >= 11 is 2.85. The lowest BCUT2D eigenvalue weighted by Crippen LogP contribution is -2.20. The van der Waals surface area contributed by atoms with Crippen LogP contribution in [-0.2, 0) is 6.42 Å². The van der Waals surface area contributed by atoms with Gasteiger partial charge >= 0.3 is 0 Å². The van der Waals surface area contributed by atoms with Crippen molar-refractivity contribution in [2.24, 2.45) is 0 Å². The van der Waals surface area contributed by atoms with Crippen molar-refractivity contribution in [2.75, 3.05) is 18.1 Å². The molecular weight excluding hydrogens is 356 g/mol. The molecular formula is C17H16N4O2S2. The summed E-state index contributed by atoms with van der Waals surface area (Å²) in [5, 5.41) is 22.1. The highest BCUT2D eigenvalue weighted by Gasteiger charge is 2.11. The number of aromatic nitrogens is 2. The van der Waals surface area contributed by atoms with Gasteiger partial charge < -0.3 is 15.6 Å². The van der Waals surface area contributed by atoms with E-state index in [2.05, 4.69) is 16.0 Å². The first-order valence-electron chi connectivity index (χ1n) is 7.56. The van der Waals surface area contributed by atoms with Crippen molar-refractivity contribution >= 4 is 39.1 Å². The lowest BCUT2D eigenvalue weighted by atomic mass is 10.2. The number of benzene rings is 1. The van der Waals surface area contributed by atoms with Crippen molar-refractivity contribution in [1.82, 2.24) is 9.97 Å². The van der Waals surface area contributed by atoms with E-state index in [0.29, 0.717) is 28.9 Å². The topological polar surface area (TPSA) is 105 Å². The first kappa shape index (κ1) is 17.5. The van der Waals surface area contributed by atoms with Gasteiger partial charge in [-0.25, -0.2) is 9.97 Å². The first-order valence-corrected chi connectivity index (χ1v) is 9.42. The quantitative estimate of drug-likeness (QED) is 0.485. The Morgan fingerprint density at radius 1 is 1.28 bits per heavy atom. The second-order valence-electron chi connectivity index (χ2n) is 5.29. The highest BCUT2D eigenvalue weighted by molar-refractivity contribution is 7.99. The van der Waals surface area contributed by atoms with Crippen LogP contribution in [0.2, 0.25) is 0 Å². The maximum atomic E-state index is 10.1. The zero-order valence-corrected chi connectivity index (χ0v) is 14.9. The molecule has 0 saturated carbocycles. The SMILES string of the molecule is N#CCc1ccc(OC[C@H](O)CSc2nc(N)c3ccsc3n2)cc1. The molecule has 0 aliphatic carbocycles. The van der Waals surface area contributed by atoms with E-state index in [1.165, 1.54) is 23.1 Å². The van der Waals surface area contributed by atoms with Crippen LogP contribution in [0.4, 0.5) is 5.82 Å². The molecule has 1 aromatic carbocycles. The minimum Gasteiger partial charge on any atom is -0.491 e. The Morgan fingerprint density at radius 3 is 2.84 bits per heavy atom. The standard InChI is InChI=1S/C17H16N4O2S2/c18-7-5-11-1-3-13(4-2-11)23-9-12(22)10-25-17-20-15(19)14-6-8-24-16(14)21-17/h1-4,6,8,12,22H,5,9-10H2,(H2,19,20,21)/t12-/m0/s1. The fraction of sp³-hybridized carbons (Fsp3) is 0.235. The maximum Gasteiger partial charge on any atom is 0.190 e. The molecule has 0 spiro atoms. The molecule has 3 rings (SSSR count). The molecule has 0 radical (unpaired) electrons. The molecule has 1 atom stereocenters. The third kappa shape index (κ3) is 4.60. The van der Waals surface area contributed by atoms with Crippen LogP contribution in [0, 0.1) is 11.3 Å². The van der Waals surface area contributed by atoms with Gasteiger partial charge in [-0.05, 0) is 29.1 Å². The van der Waals surface area contributed by atoms with Gasteiger partial charge in [0.2, 0.25) is 0 Å². The van der Waals surface area contributed by atoms with E-state index < -0.39 is 6.10 Å². The van der Waals surface area contributed by atoms with Crippen LogP contribution in [-0.4, -0.2) is 33.5 Å². The molecule has 0 unspecified atom stereocenters. The second-order valence-corrected chi connectivity index (χ2v) is 7.17. The van der Waals surface area contributed by atoms with E-state index in [1.807, 2.05) is 23.6 Å². The smallest absolute Gasteiger partial charge is 0.190 e. The van der Waals surface area contributed by atoms with Crippen molar-refractivity contribution in [3.63, 3.8) is 0 Å². The number of rotatable bonds is 7. The molecule has 25 heavy (non-hydrogen) atoms. The molecule has 0 amide bonds. The molecule has 0 fully saturated rings. The molecule has 0 saturated heterocycles. The summed E-state index contributed by atoms with van der Waals surface area (Å²) in [6, 6.07) is 11.3. The summed E-state index contributed by atoms with van der Waals surface area (Å²) in [4.78, 5) is 9.52. The number of fused-ring (bicyclic) bond motifs is 1. The zero-order valence-electron chi connectivity index (χ0n) is 13.3. The van der Waals surface area contributed by atoms with Gasteiger partial charge in [0.15, 0.2) is 5.16 Å². The number of nitrogens with zero attached hydrogens (tertiary/aromatic N) is 3. The van der Waals surface area contributed by atoms with Gasteiger partial charge in [0.1, 0.15) is 23.0 Å². The highest BCUT2D eigenvalue weighted by atomic mass is 32.2. The number of anilines is 1. The lowest BCUT2D eigenvalue weighted by Gasteiger charge is -2.12. The number of nitrogens with two attached hydrogens (primary N) is 1. The Morgan fingerprint density at radius 2 is 2.08 bits per heavy atom. The van der Waals surface area contributed by atoms with Gasteiger partial charge in [-0.2, -0.15) is 5.26 Å². The van der Waals surface area contributed by atoms with E-state index >= 15 is 0 Å². The molecule has 0 aliphatic rings. The Bertz CT molecular complexity index is 890. The van der Waals surface area contributed by atoms with E-state index in [0.717, 1.165) is 15.8 Å². The summed E-state index contributed by atoms with van der Waals surface area (Å²) in [6.45, 7) is 0.168. The van der Waals surface area contributed by atoms with Gasteiger partial charge in [0.05, 0.1) is 24.0 Å². The van der Waals surface area contributed by atoms with Crippen LogP contribution in [0.25, 0.3) is 10.2 Å². The highest BCUT2D eigenvalue weighted by Crippen LogP contribution is 2.26. The van der Waals surface area contributed by atoms with Crippen molar-refractivity contribution in [3.05, 3.63) is 41.3 Å². The number of aliphatic hydroxyl groups excluding tert-OH is 1. The number of thiophene rings is 1. The van der Waals surface area contributed by atoms with Crippen molar-refractivity contribution in [1.29, 1.82) is 5.26 Å². The van der Waals surface area contributed by atoms with Crippen molar-refractivity contribution in [3.8, 4) is 11.8 Å². The normalized spacial score (nSPS) is 12.0. The maximum absolute atomic E-state index is 10.1. The number of thioether (sulfide) groups is 1. The van der Waals surface area contributed by atoms with Crippen LogP contribution >= 0.6 is 23.1 Å². The Balaban J connectivity index is 1.50. The zero-order chi connectivity index (χ0) is 17.6. The molecule has 3 aromatic rings. The molecule has 6 nitrogen and oxygen atoms in total. The van der Waals surface area contributed by atoms with Crippen molar-refractivity contribution < 1.29 is 9.84 Å². The summed E-state index contributed by atoms with van der Waals surface area (Å²) in [5.41, 5.74) is 6.85. The van der Waals surface area contributed by atoms with E-state index in [9.17, 15) is 5.11 Å². The fourth-order valence-corrected chi connectivity index (χ4v) is 3.71. The molecule has 2 heterocycles. The van der Waals surface area contributed by atoms with Gasteiger partial charge in [-0.3, -0.25) is 0 Å². The van der Waals surface area contributed by atoms with Crippen molar-refractivity contribution in [2.45, 2.75) is 17.7 Å². The summed E-state index contributed by atoms with van der Waals surface area (Å²) < 4.78 is 5.56. The average molecular weight is 372 g/mol. The largest absolute Gasteiger partial charge is 0.491 e. The minimum absolute atomic E-state index is 0.168. The van der Waals surface area contributed by atoms with Crippen LogP contribution in [0.15, 0.2) is 40.9 Å². The van der Waals surface area contributed by atoms with Crippen LogP contribution < -0.4 is 10.5 Å². The first-order chi connectivity index (χ1) is 12.2. The Labute approximate surface area is 153 Å². The van der Waals surface area contributed by atoms with E-state index in [1.54, 1.807) is 12.1 Å². The predicted octanol–water partition coefficient (Wildman–Crippen LogP) is 2.87. The van der Waals surface area contributed by atoms with Gasteiger partial charge in [0.25, 0.3) is 0 Å². The summed E-state index contributed by atoms with van der Waals surface area (Å²) in [6.07, 6.45) is -0.287. The summed E-state index contributed by atoms with van der Waals surface area (Å²) in [7, 11) is 0. The molecule has 0 aliphatic heterocycles. The Hall–Kier alpha value is -2.34. The number of hydrogen-bond donors (Lipinski definition) is 2. The van der Waals surface area contributed by atoms with Crippen LogP contribution in [0.5, 0.6) is 5.75 Å². The molecule has 3 N–H and O–H groups in total. The minimum atomic E-state index is -0.660. The number of ether oxygens (including phenoxy) is 1. The number of hydrogen-bond acceptors (Lipinski definition) is 8. The van der Waals surface area contributed by atoms with E-state index in [-0.39, 0.29) is 6.61 Å². The number of nitrogen functional groups attached to an aromatic ring is 1. The average Bonchev–Trinajstić information content (AvgIpc) is 3.09. The third-order valence-electron chi connectivity index (χ3n) is 3.39. The van der Waals surface area contributed by atoms with Gasteiger partial charge in [-0.15, -0.1) is 11.3 Å².